The van der Waals surface area contributed by atoms with Gasteiger partial charge in [0.2, 0.25) is 5.52 Å². The molecule has 0 aliphatic carbocycles. The number of hydrogen-bond donors (Lipinski definition) is 1. The first-order valence-corrected chi connectivity index (χ1v) is 19.0. The van der Waals surface area contributed by atoms with Gasteiger partial charge in [-0.25, -0.2) is 8.42 Å². The zero-order valence-corrected chi connectivity index (χ0v) is 28.1. The molecule has 2 heterocycles. The number of aromatic nitrogens is 1. The molecule has 0 atom stereocenters. The number of unbranched alkanes of at least 4 members (excludes halogenated alkanes) is 2. The first kappa shape index (κ1) is 31.9. The van der Waals surface area contributed by atoms with Crippen LogP contribution < -0.4 is 14.9 Å². The predicted octanol–water partition coefficient (Wildman–Crippen LogP) is 5.60. The van der Waals surface area contributed by atoms with Crippen molar-refractivity contribution in [3.8, 4) is 0 Å². The van der Waals surface area contributed by atoms with Gasteiger partial charge in [0.25, 0.3) is 15.1 Å². The van der Waals surface area contributed by atoms with Gasteiger partial charge in [0, 0.05) is 45.2 Å². The standard InChI is InChI=1S/C25H29Br2N3O6S4/c1-2-28-36-40(34,35)14-6-4-12-30-21-16-19(27)8-10-23(21)38-25(30)17-24-29(11-3-5-13-39(31,32)33)20-15-18(26)7-9-22(20)37-24/h7-10,15-17,28H,2-6,11-14H2,1H3. The summed E-state index contributed by atoms with van der Waals surface area (Å²) in [5, 5.41) is 2.01. The number of thiazole rings is 1. The number of benzene rings is 2. The van der Waals surface area contributed by atoms with Crippen LogP contribution in [0.15, 0.2) is 55.3 Å². The van der Waals surface area contributed by atoms with Crippen LogP contribution in [0.3, 0.4) is 0 Å². The minimum Gasteiger partial charge on any atom is -0.748 e. The summed E-state index contributed by atoms with van der Waals surface area (Å²) in [4.78, 5) is 3.25. The predicted molar refractivity (Wildman–Crippen MR) is 167 cm³/mol. The highest BCUT2D eigenvalue weighted by Crippen LogP contribution is 2.48. The Labute approximate surface area is 260 Å². The van der Waals surface area contributed by atoms with E-state index >= 15 is 0 Å². The van der Waals surface area contributed by atoms with Crippen molar-refractivity contribution in [1.82, 2.24) is 5.48 Å². The van der Waals surface area contributed by atoms with Crippen LogP contribution >= 0.6 is 55.0 Å². The van der Waals surface area contributed by atoms with Crippen LogP contribution in [0, 0.1) is 0 Å². The maximum atomic E-state index is 12.1. The molecule has 0 fully saturated rings. The molecule has 1 aliphatic rings. The van der Waals surface area contributed by atoms with Gasteiger partial charge in [0.05, 0.1) is 32.7 Å². The lowest BCUT2D eigenvalue weighted by atomic mass is 10.2. The maximum absolute atomic E-state index is 12.1. The molecular weight excluding hydrogens is 726 g/mol. The molecule has 15 heteroatoms. The average Bonchev–Trinajstić information content (AvgIpc) is 3.39. The van der Waals surface area contributed by atoms with Gasteiger partial charge in [0.15, 0.2) is 6.54 Å². The number of hydrogen-bond acceptors (Lipinski definition) is 10. The van der Waals surface area contributed by atoms with Gasteiger partial charge < -0.3 is 9.45 Å². The van der Waals surface area contributed by atoms with E-state index in [4.69, 9.17) is 4.28 Å². The van der Waals surface area contributed by atoms with Crippen LogP contribution in [0.25, 0.3) is 16.3 Å². The molecule has 0 spiro atoms. The van der Waals surface area contributed by atoms with E-state index in [2.05, 4.69) is 65.0 Å². The molecule has 0 saturated carbocycles. The molecule has 40 heavy (non-hydrogen) atoms. The smallest absolute Gasteiger partial charge is 0.283 e. The van der Waals surface area contributed by atoms with Gasteiger partial charge in [0.1, 0.15) is 4.70 Å². The first-order chi connectivity index (χ1) is 19.0. The number of thioether (sulfide) groups is 1. The molecule has 4 rings (SSSR count). The summed E-state index contributed by atoms with van der Waals surface area (Å²) in [5.41, 5.74) is 4.48. The van der Waals surface area contributed by atoms with Gasteiger partial charge in [-0.15, -0.1) is 0 Å². The third-order valence-corrected chi connectivity index (χ3v) is 11.2. The monoisotopic (exact) mass is 753 g/mol. The second-order valence-electron chi connectivity index (χ2n) is 9.07. The zero-order valence-electron chi connectivity index (χ0n) is 21.6. The van der Waals surface area contributed by atoms with Gasteiger partial charge >= 0.3 is 0 Å². The molecule has 0 bridgehead atoms. The molecule has 3 aromatic rings. The number of rotatable bonds is 14. The van der Waals surface area contributed by atoms with Crippen LogP contribution in [0.2, 0.25) is 0 Å². The van der Waals surface area contributed by atoms with E-state index in [1.54, 1.807) is 30.0 Å². The summed E-state index contributed by atoms with van der Waals surface area (Å²) in [6.45, 7) is 3.35. The van der Waals surface area contributed by atoms with E-state index in [9.17, 15) is 21.4 Å². The summed E-state index contributed by atoms with van der Waals surface area (Å²) in [7, 11) is -7.88. The Morgan fingerprint density at radius 2 is 1.75 bits per heavy atom. The summed E-state index contributed by atoms with van der Waals surface area (Å²) in [6, 6.07) is 12.2. The second kappa shape index (κ2) is 14.0. The van der Waals surface area contributed by atoms with Crippen molar-refractivity contribution < 1.29 is 30.2 Å². The highest BCUT2D eigenvalue weighted by atomic mass is 79.9. The van der Waals surface area contributed by atoms with Gasteiger partial charge in [-0.2, -0.15) is 22.7 Å². The molecule has 2 aromatic carbocycles. The number of aryl methyl sites for hydroxylation is 1. The lowest BCUT2D eigenvalue weighted by molar-refractivity contribution is -0.669. The second-order valence-corrected chi connectivity index (χ2v) is 16.2. The summed E-state index contributed by atoms with van der Waals surface area (Å²) in [6.07, 6.45) is 4.06. The van der Waals surface area contributed by atoms with E-state index in [-0.39, 0.29) is 11.5 Å². The molecule has 0 radical (unpaired) electrons. The summed E-state index contributed by atoms with van der Waals surface area (Å²) < 4.78 is 67.4. The Hall–Kier alpha value is -1.04. The molecule has 0 saturated heterocycles. The highest BCUT2D eigenvalue weighted by molar-refractivity contribution is 9.10. The molecule has 1 aromatic heterocycles. The average molecular weight is 756 g/mol. The Kier molecular flexibility index (Phi) is 11.1. The minimum absolute atomic E-state index is 0.0738. The van der Waals surface area contributed by atoms with Crippen molar-refractivity contribution in [1.29, 1.82) is 0 Å². The van der Waals surface area contributed by atoms with E-state index in [1.165, 1.54) is 0 Å². The molecule has 0 unspecified atom stereocenters. The summed E-state index contributed by atoms with van der Waals surface area (Å²) in [5.74, 6) is -0.450. The van der Waals surface area contributed by atoms with Crippen molar-refractivity contribution in [3.63, 3.8) is 0 Å². The van der Waals surface area contributed by atoms with Crippen molar-refractivity contribution in [2.24, 2.45) is 0 Å². The fourth-order valence-electron chi connectivity index (χ4n) is 4.22. The van der Waals surface area contributed by atoms with Crippen molar-refractivity contribution in [2.45, 2.75) is 44.0 Å². The third kappa shape index (κ3) is 8.74. The zero-order chi connectivity index (χ0) is 28.9. The van der Waals surface area contributed by atoms with E-state index in [0.717, 1.165) is 39.8 Å². The molecular formula is C25H29Br2N3O6S4. The molecule has 1 N–H and O–H groups in total. The van der Waals surface area contributed by atoms with Crippen LogP contribution in [0.1, 0.15) is 37.6 Å². The summed E-state index contributed by atoms with van der Waals surface area (Å²) >= 11 is 10.4. The van der Waals surface area contributed by atoms with Gasteiger partial charge in [-0.1, -0.05) is 61.9 Å². The Morgan fingerprint density at radius 1 is 1.02 bits per heavy atom. The molecule has 9 nitrogen and oxygen atoms in total. The van der Waals surface area contributed by atoms with E-state index in [0.29, 0.717) is 45.3 Å². The van der Waals surface area contributed by atoms with Crippen molar-refractivity contribution in [3.05, 3.63) is 55.4 Å². The lowest BCUT2D eigenvalue weighted by Crippen LogP contribution is -2.35. The Bertz CT molecular complexity index is 1610. The van der Waals surface area contributed by atoms with Gasteiger partial charge in [-0.05, 0) is 49.6 Å². The topological polar surface area (TPSA) is 120 Å². The van der Waals surface area contributed by atoms with Crippen molar-refractivity contribution >= 4 is 97.2 Å². The number of nitrogens with one attached hydrogen (secondary N) is 1. The SMILES string of the molecule is CCNOS(=O)(=O)CCCC[n+]1c(C=C2Sc3ccc(Br)cc3N2CCCCS(=O)(=O)[O-])sc2ccc(Br)cc21. The number of fused-ring (bicyclic) bond motifs is 2. The number of halogens is 2. The highest BCUT2D eigenvalue weighted by Gasteiger charge is 2.28. The number of anilines is 1. The normalized spacial score (nSPS) is 14.9. The third-order valence-electron chi connectivity index (χ3n) is 6.01. The van der Waals surface area contributed by atoms with E-state index in [1.807, 2.05) is 24.3 Å². The first-order valence-electron chi connectivity index (χ1n) is 12.6. The molecule has 0 amide bonds. The maximum Gasteiger partial charge on any atom is 0.283 e. The molecule has 218 valence electrons. The van der Waals surface area contributed by atoms with Gasteiger partial charge in [-0.3, -0.25) is 0 Å². The fraction of sp³-hybridized carbons (Fsp3) is 0.400. The van der Waals surface area contributed by atoms with Crippen LogP contribution in [0.5, 0.6) is 0 Å². The quantitative estimate of drug-likeness (QED) is 0.0971. The largest absolute Gasteiger partial charge is 0.748 e. The Balaban J connectivity index is 1.60. The van der Waals surface area contributed by atoms with Crippen LogP contribution in [-0.4, -0.2) is 46.0 Å². The number of hydroxylamine groups is 1. The van der Waals surface area contributed by atoms with Crippen LogP contribution in [-0.2, 0) is 31.1 Å². The fourth-order valence-corrected chi connectivity index (χ4v) is 8.70. The number of nitrogens with zero attached hydrogens (tertiary/aromatic N) is 2. The van der Waals surface area contributed by atoms with Crippen molar-refractivity contribution in [2.75, 3.05) is 29.5 Å². The van der Waals surface area contributed by atoms with E-state index < -0.39 is 20.2 Å². The lowest BCUT2D eigenvalue weighted by Gasteiger charge is -2.20. The molecule has 1 aliphatic heterocycles. The Morgan fingerprint density at radius 3 is 2.50 bits per heavy atom. The minimum atomic E-state index is -4.25. The van der Waals surface area contributed by atoms with Crippen LogP contribution in [0.4, 0.5) is 5.69 Å².